The van der Waals surface area contributed by atoms with Crippen molar-refractivity contribution in [2.75, 3.05) is 7.11 Å². The zero-order valence-electron chi connectivity index (χ0n) is 12.1. The van der Waals surface area contributed by atoms with Crippen LogP contribution in [-0.4, -0.2) is 18.2 Å². The molecule has 0 saturated heterocycles. The lowest BCUT2D eigenvalue weighted by Crippen LogP contribution is -2.30. The van der Waals surface area contributed by atoms with E-state index in [0.29, 0.717) is 11.3 Å². The van der Waals surface area contributed by atoms with Crippen LogP contribution in [0.25, 0.3) is 0 Å². The summed E-state index contributed by atoms with van der Waals surface area (Å²) < 4.78 is 5.09. The summed E-state index contributed by atoms with van der Waals surface area (Å²) in [6, 6.07) is 16.0. The lowest BCUT2D eigenvalue weighted by molar-refractivity contribution is -0.139. The average molecular weight is 285 g/mol. The lowest BCUT2D eigenvalue weighted by atomic mass is 10.0. The van der Waals surface area contributed by atoms with E-state index in [-0.39, 0.29) is 6.04 Å². The van der Waals surface area contributed by atoms with E-state index < -0.39 is 12.0 Å². The van der Waals surface area contributed by atoms with Crippen molar-refractivity contribution in [1.82, 2.24) is 5.32 Å². The van der Waals surface area contributed by atoms with Gasteiger partial charge in [-0.05, 0) is 30.2 Å². The highest BCUT2D eigenvalue weighted by Crippen LogP contribution is 2.22. The van der Waals surface area contributed by atoms with Crippen LogP contribution in [0.1, 0.15) is 30.1 Å². The van der Waals surface area contributed by atoms with E-state index in [4.69, 9.17) is 4.74 Å². The van der Waals surface area contributed by atoms with Gasteiger partial charge in [0, 0.05) is 6.04 Å². The monoisotopic (exact) mass is 285 g/mol. The first-order chi connectivity index (χ1) is 10.1. The molecule has 0 aliphatic heterocycles. The molecule has 2 rings (SSSR count). The Morgan fingerprint density at radius 3 is 2.19 bits per heavy atom. The van der Waals surface area contributed by atoms with Crippen molar-refractivity contribution >= 4 is 5.97 Å². The molecule has 4 heteroatoms. The molecule has 2 N–H and O–H groups in total. The van der Waals surface area contributed by atoms with Crippen LogP contribution in [0.5, 0.6) is 5.75 Å². The molecule has 0 fully saturated rings. The summed E-state index contributed by atoms with van der Waals surface area (Å²) in [6.45, 7) is 1.95. The molecule has 21 heavy (non-hydrogen) atoms. The highest BCUT2D eigenvalue weighted by atomic mass is 16.5. The maximum absolute atomic E-state index is 11.5. The Hall–Kier alpha value is -2.33. The molecule has 0 heterocycles. The highest BCUT2D eigenvalue weighted by Gasteiger charge is 2.22. The Labute approximate surface area is 124 Å². The second kappa shape index (κ2) is 6.90. The van der Waals surface area contributed by atoms with E-state index in [9.17, 15) is 9.90 Å². The van der Waals surface area contributed by atoms with Gasteiger partial charge in [-0.15, -0.1) is 0 Å². The number of ether oxygens (including phenoxy) is 1. The number of carboxylic acids is 1. The highest BCUT2D eigenvalue weighted by molar-refractivity contribution is 5.75. The molecule has 2 atom stereocenters. The number of aliphatic carboxylic acids is 1. The van der Waals surface area contributed by atoms with E-state index >= 15 is 0 Å². The summed E-state index contributed by atoms with van der Waals surface area (Å²) in [7, 11) is 1.58. The third-order valence-electron chi connectivity index (χ3n) is 3.41. The summed E-state index contributed by atoms with van der Waals surface area (Å²) in [6.07, 6.45) is 0. The number of carbonyl (C=O) groups is 1. The van der Waals surface area contributed by atoms with Crippen molar-refractivity contribution in [2.45, 2.75) is 19.0 Å². The standard InChI is InChI=1S/C17H19NO3/c1-12(13-6-4-3-5-7-13)18-16(17(19)20)14-8-10-15(21-2)11-9-14/h3-12,16,18H,1-2H3,(H,19,20)/t12-,16-/m1/s1. The SMILES string of the molecule is COc1ccc([C@@H](N[C@H](C)c2ccccc2)C(=O)O)cc1. The molecule has 0 unspecified atom stereocenters. The normalized spacial score (nSPS) is 13.4. The summed E-state index contributed by atoms with van der Waals surface area (Å²) in [5, 5.41) is 12.6. The molecule has 0 saturated carbocycles. The molecule has 0 spiro atoms. The zero-order chi connectivity index (χ0) is 15.2. The van der Waals surface area contributed by atoms with E-state index in [1.165, 1.54) is 0 Å². The minimum Gasteiger partial charge on any atom is -0.497 e. The topological polar surface area (TPSA) is 58.6 Å². The molecule has 0 bridgehead atoms. The van der Waals surface area contributed by atoms with Crippen LogP contribution in [0.3, 0.4) is 0 Å². The Morgan fingerprint density at radius 1 is 1.05 bits per heavy atom. The van der Waals surface area contributed by atoms with Crippen molar-refractivity contribution in [1.29, 1.82) is 0 Å². The van der Waals surface area contributed by atoms with Crippen molar-refractivity contribution in [3.8, 4) is 5.75 Å². The van der Waals surface area contributed by atoms with Crippen LogP contribution < -0.4 is 10.1 Å². The number of hydrogen-bond donors (Lipinski definition) is 2. The molecule has 2 aromatic rings. The van der Waals surface area contributed by atoms with Gasteiger partial charge in [0.05, 0.1) is 7.11 Å². The van der Waals surface area contributed by atoms with E-state index in [0.717, 1.165) is 5.56 Å². The van der Waals surface area contributed by atoms with Gasteiger partial charge in [0.2, 0.25) is 0 Å². The fourth-order valence-corrected chi connectivity index (χ4v) is 2.19. The summed E-state index contributed by atoms with van der Waals surface area (Å²) in [4.78, 5) is 11.5. The van der Waals surface area contributed by atoms with E-state index in [1.54, 1.807) is 31.4 Å². The molecule has 2 aromatic carbocycles. The average Bonchev–Trinajstić information content (AvgIpc) is 2.53. The summed E-state index contributed by atoms with van der Waals surface area (Å²) >= 11 is 0. The largest absolute Gasteiger partial charge is 0.497 e. The predicted octanol–water partition coefficient (Wildman–Crippen LogP) is 3.17. The summed E-state index contributed by atoms with van der Waals surface area (Å²) in [5.74, 6) is -0.193. The number of nitrogens with one attached hydrogen (secondary N) is 1. The minimum absolute atomic E-state index is 0.0607. The quantitative estimate of drug-likeness (QED) is 0.856. The number of rotatable bonds is 6. The molecular formula is C17H19NO3. The van der Waals surface area contributed by atoms with Crippen molar-refractivity contribution < 1.29 is 14.6 Å². The van der Waals surface area contributed by atoms with Crippen LogP contribution in [0.4, 0.5) is 0 Å². The van der Waals surface area contributed by atoms with Gasteiger partial charge in [-0.2, -0.15) is 0 Å². The number of carboxylic acid groups (broad SMARTS) is 1. The molecule has 0 amide bonds. The Kier molecular flexibility index (Phi) is 4.95. The molecule has 0 aromatic heterocycles. The Morgan fingerprint density at radius 2 is 1.67 bits per heavy atom. The molecule has 4 nitrogen and oxygen atoms in total. The first-order valence-corrected chi connectivity index (χ1v) is 6.79. The third-order valence-corrected chi connectivity index (χ3v) is 3.41. The lowest BCUT2D eigenvalue weighted by Gasteiger charge is -2.21. The molecule has 110 valence electrons. The second-order valence-corrected chi connectivity index (χ2v) is 4.84. The second-order valence-electron chi connectivity index (χ2n) is 4.84. The molecule has 0 aliphatic carbocycles. The molecule has 0 aliphatic rings. The van der Waals surface area contributed by atoms with E-state index in [2.05, 4.69) is 5.32 Å². The number of benzene rings is 2. The maximum Gasteiger partial charge on any atom is 0.325 e. The van der Waals surface area contributed by atoms with Gasteiger partial charge in [-0.3, -0.25) is 10.1 Å². The third kappa shape index (κ3) is 3.83. The van der Waals surface area contributed by atoms with Crippen LogP contribution in [-0.2, 0) is 4.79 Å². The van der Waals surface area contributed by atoms with Gasteiger partial charge in [-0.25, -0.2) is 0 Å². The van der Waals surface area contributed by atoms with Crippen LogP contribution in [0, 0.1) is 0 Å². The molecular weight excluding hydrogens is 266 g/mol. The van der Waals surface area contributed by atoms with Gasteiger partial charge in [0.15, 0.2) is 0 Å². The van der Waals surface area contributed by atoms with Crippen molar-refractivity contribution in [3.63, 3.8) is 0 Å². The Balaban J connectivity index is 2.17. The van der Waals surface area contributed by atoms with Gasteiger partial charge in [-0.1, -0.05) is 42.5 Å². The van der Waals surface area contributed by atoms with Gasteiger partial charge >= 0.3 is 5.97 Å². The van der Waals surface area contributed by atoms with Crippen molar-refractivity contribution in [3.05, 3.63) is 65.7 Å². The minimum atomic E-state index is -0.900. The van der Waals surface area contributed by atoms with Gasteiger partial charge in [0.1, 0.15) is 11.8 Å². The zero-order valence-corrected chi connectivity index (χ0v) is 12.1. The molecule has 0 radical (unpaired) electrons. The predicted molar refractivity (Wildman–Crippen MR) is 81.4 cm³/mol. The Bertz CT molecular complexity index is 581. The fraction of sp³-hybridized carbons (Fsp3) is 0.235. The maximum atomic E-state index is 11.5. The van der Waals surface area contributed by atoms with E-state index in [1.807, 2.05) is 37.3 Å². The number of methoxy groups -OCH3 is 1. The van der Waals surface area contributed by atoms with Crippen molar-refractivity contribution in [2.24, 2.45) is 0 Å². The fourth-order valence-electron chi connectivity index (χ4n) is 2.19. The smallest absolute Gasteiger partial charge is 0.325 e. The first-order valence-electron chi connectivity index (χ1n) is 6.79. The van der Waals surface area contributed by atoms with Crippen LogP contribution in [0.2, 0.25) is 0 Å². The van der Waals surface area contributed by atoms with Crippen LogP contribution in [0.15, 0.2) is 54.6 Å². The van der Waals surface area contributed by atoms with Crippen LogP contribution >= 0.6 is 0 Å². The summed E-state index contributed by atoms with van der Waals surface area (Å²) in [5.41, 5.74) is 1.75. The number of hydrogen-bond acceptors (Lipinski definition) is 3. The first kappa shape index (κ1) is 15.1. The van der Waals surface area contributed by atoms with Gasteiger partial charge in [0.25, 0.3) is 0 Å². The van der Waals surface area contributed by atoms with Gasteiger partial charge < -0.3 is 9.84 Å².